The van der Waals surface area contributed by atoms with E-state index in [1.807, 2.05) is 6.07 Å². The maximum atomic E-state index is 6.48. The quantitative estimate of drug-likeness (QED) is 0.915. The maximum absolute atomic E-state index is 6.48. The highest BCUT2D eigenvalue weighted by atomic mass is 16.5. The lowest BCUT2D eigenvalue weighted by molar-refractivity contribution is -0.0396. The van der Waals surface area contributed by atoms with Crippen LogP contribution in [0.3, 0.4) is 0 Å². The molecule has 1 aromatic rings. The summed E-state index contributed by atoms with van der Waals surface area (Å²) in [5.74, 6) is 0.868. The molecule has 4 nitrogen and oxygen atoms in total. The Hall–Kier alpha value is -1.10. The second-order valence-electron chi connectivity index (χ2n) is 5.53. The van der Waals surface area contributed by atoms with Crippen molar-refractivity contribution in [3.63, 3.8) is 0 Å². The van der Waals surface area contributed by atoms with Gasteiger partial charge in [0.25, 0.3) is 0 Å². The number of nitrogens with zero attached hydrogens (tertiary/aromatic N) is 1. The molecule has 2 atom stereocenters. The number of hydrogen-bond acceptors (Lipinski definition) is 4. The zero-order chi connectivity index (χ0) is 14.7. The molecule has 4 heteroatoms. The van der Waals surface area contributed by atoms with Gasteiger partial charge >= 0.3 is 0 Å². The van der Waals surface area contributed by atoms with Gasteiger partial charge in [0, 0.05) is 18.7 Å². The van der Waals surface area contributed by atoms with Crippen molar-refractivity contribution in [3.8, 4) is 5.75 Å². The lowest BCUT2D eigenvalue weighted by atomic mass is 9.94. The van der Waals surface area contributed by atoms with E-state index in [1.54, 1.807) is 7.11 Å². The highest BCUT2D eigenvalue weighted by Gasteiger charge is 2.29. The van der Waals surface area contributed by atoms with Gasteiger partial charge in [-0.2, -0.15) is 0 Å². The van der Waals surface area contributed by atoms with Crippen LogP contribution in [-0.4, -0.2) is 44.4 Å². The first-order chi connectivity index (χ1) is 9.56. The molecule has 0 amide bonds. The van der Waals surface area contributed by atoms with Crippen molar-refractivity contribution in [3.05, 3.63) is 28.8 Å². The summed E-state index contributed by atoms with van der Waals surface area (Å²) in [7, 11) is 1.70. The van der Waals surface area contributed by atoms with Crippen LogP contribution >= 0.6 is 0 Å². The van der Waals surface area contributed by atoms with Gasteiger partial charge in [0.05, 0.1) is 25.9 Å². The van der Waals surface area contributed by atoms with Crippen molar-refractivity contribution in [2.45, 2.75) is 32.9 Å². The van der Waals surface area contributed by atoms with Crippen LogP contribution in [0.5, 0.6) is 5.75 Å². The second kappa shape index (κ2) is 6.57. The summed E-state index contributed by atoms with van der Waals surface area (Å²) < 4.78 is 11.4. The number of aryl methyl sites for hydroxylation is 2. The summed E-state index contributed by atoms with van der Waals surface area (Å²) in [6.45, 7) is 9.99. The number of methoxy groups -OCH3 is 1. The molecule has 0 radical (unpaired) electrons. The van der Waals surface area contributed by atoms with Gasteiger partial charge in [-0.1, -0.05) is 13.0 Å². The molecule has 0 aromatic heterocycles. The molecule has 0 saturated carbocycles. The lowest BCUT2D eigenvalue weighted by Gasteiger charge is -2.36. The van der Waals surface area contributed by atoms with E-state index in [1.165, 1.54) is 11.1 Å². The van der Waals surface area contributed by atoms with E-state index in [9.17, 15) is 0 Å². The van der Waals surface area contributed by atoms with Crippen LogP contribution in [0.2, 0.25) is 0 Å². The molecule has 1 fully saturated rings. The molecule has 1 aliphatic heterocycles. The van der Waals surface area contributed by atoms with Crippen LogP contribution in [0, 0.1) is 13.8 Å². The molecule has 0 bridgehead atoms. The Kier molecular flexibility index (Phi) is 5.02. The van der Waals surface area contributed by atoms with Crippen LogP contribution < -0.4 is 10.5 Å². The van der Waals surface area contributed by atoms with Crippen molar-refractivity contribution < 1.29 is 9.47 Å². The molecule has 0 spiro atoms. The molecule has 1 heterocycles. The summed E-state index contributed by atoms with van der Waals surface area (Å²) in [6, 6.07) is 4.04. The molecule has 2 unspecified atom stereocenters. The minimum absolute atomic E-state index is 0.0269. The Morgan fingerprint density at radius 2 is 2.20 bits per heavy atom. The van der Waals surface area contributed by atoms with Crippen molar-refractivity contribution in [1.29, 1.82) is 0 Å². The second-order valence-corrected chi connectivity index (χ2v) is 5.53. The molecule has 20 heavy (non-hydrogen) atoms. The Morgan fingerprint density at radius 3 is 2.85 bits per heavy atom. The van der Waals surface area contributed by atoms with Crippen molar-refractivity contribution in [2.75, 3.05) is 33.4 Å². The molecule has 0 aliphatic carbocycles. The van der Waals surface area contributed by atoms with Crippen molar-refractivity contribution >= 4 is 0 Å². The van der Waals surface area contributed by atoms with Gasteiger partial charge in [0.1, 0.15) is 5.75 Å². The monoisotopic (exact) mass is 278 g/mol. The van der Waals surface area contributed by atoms with Crippen LogP contribution in [0.4, 0.5) is 0 Å². The number of ether oxygens (including phenoxy) is 2. The van der Waals surface area contributed by atoms with E-state index in [0.29, 0.717) is 0 Å². The lowest BCUT2D eigenvalue weighted by Crippen LogP contribution is -2.47. The number of morpholine rings is 1. The predicted octanol–water partition coefficient (Wildman–Crippen LogP) is 2.03. The van der Waals surface area contributed by atoms with Gasteiger partial charge in [-0.05, 0) is 37.6 Å². The molecule has 112 valence electrons. The third kappa shape index (κ3) is 3.14. The first-order valence-corrected chi connectivity index (χ1v) is 7.31. The van der Waals surface area contributed by atoms with E-state index < -0.39 is 0 Å². The van der Waals surface area contributed by atoms with Crippen LogP contribution in [0.1, 0.15) is 29.7 Å². The van der Waals surface area contributed by atoms with E-state index in [2.05, 4.69) is 31.7 Å². The summed E-state index contributed by atoms with van der Waals surface area (Å²) in [6.07, 6.45) is 0.0269. The Morgan fingerprint density at radius 1 is 1.45 bits per heavy atom. The Bertz CT molecular complexity index is 462. The Balaban J connectivity index is 2.26. The number of hydrogen-bond donors (Lipinski definition) is 1. The molecule has 2 rings (SSSR count). The molecule has 1 saturated heterocycles. The molecule has 1 aromatic carbocycles. The number of rotatable bonds is 4. The molecular weight excluding hydrogens is 252 g/mol. The topological polar surface area (TPSA) is 47.7 Å². The zero-order valence-corrected chi connectivity index (χ0v) is 13.0. The van der Waals surface area contributed by atoms with E-state index >= 15 is 0 Å². The van der Waals surface area contributed by atoms with Crippen molar-refractivity contribution in [2.24, 2.45) is 5.73 Å². The summed E-state index contributed by atoms with van der Waals surface area (Å²) in [5.41, 5.74) is 9.92. The summed E-state index contributed by atoms with van der Waals surface area (Å²) in [4.78, 5) is 2.38. The largest absolute Gasteiger partial charge is 0.496 e. The maximum Gasteiger partial charge on any atom is 0.124 e. The van der Waals surface area contributed by atoms with Crippen molar-refractivity contribution in [1.82, 2.24) is 4.90 Å². The molecule has 2 N–H and O–H groups in total. The summed E-state index contributed by atoms with van der Waals surface area (Å²) in [5, 5.41) is 0. The average molecular weight is 278 g/mol. The number of benzene rings is 1. The fraction of sp³-hybridized carbons (Fsp3) is 0.625. The first-order valence-electron chi connectivity index (χ1n) is 7.31. The van der Waals surface area contributed by atoms with Crippen LogP contribution in [0.15, 0.2) is 12.1 Å². The standard InChI is InChI=1S/C16H26N2O2/c1-5-18-6-7-20-14(10-18)16(17)15-12(3)8-11(2)9-13(15)19-4/h8-9,14,16H,5-7,10,17H2,1-4H3. The molecular formula is C16H26N2O2. The van der Waals surface area contributed by atoms with Gasteiger partial charge in [-0.15, -0.1) is 0 Å². The average Bonchev–Trinajstić information content (AvgIpc) is 2.45. The SMILES string of the molecule is CCN1CCOC(C(N)c2c(C)cc(C)cc2OC)C1. The minimum atomic E-state index is -0.153. The number of likely N-dealkylation sites (N-methyl/N-ethyl adjacent to an activating group) is 1. The molecule has 1 aliphatic rings. The highest BCUT2D eigenvalue weighted by molar-refractivity contribution is 5.45. The third-order valence-electron chi connectivity index (χ3n) is 4.07. The van der Waals surface area contributed by atoms with Gasteiger partial charge in [0.2, 0.25) is 0 Å². The normalized spacial score (nSPS) is 21.8. The van der Waals surface area contributed by atoms with Gasteiger partial charge in [-0.25, -0.2) is 0 Å². The zero-order valence-electron chi connectivity index (χ0n) is 13.0. The van der Waals surface area contributed by atoms with Crippen LogP contribution in [-0.2, 0) is 4.74 Å². The van der Waals surface area contributed by atoms with E-state index in [4.69, 9.17) is 15.2 Å². The van der Waals surface area contributed by atoms with Gasteiger partial charge < -0.3 is 15.2 Å². The highest BCUT2D eigenvalue weighted by Crippen LogP contribution is 2.32. The van der Waals surface area contributed by atoms with Crippen LogP contribution in [0.25, 0.3) is 0 Å². The van der Waals surface area contributed by atoms with E-state index in [-0.39, 0.29) is 12.1 Å². The van der Waals surface area contributed by atoms with Gasteiger partial charge in [-0.3, -0.25) is 4.90 Å². The van der Waals surface area contributed by atoms with Gasteiger partial charge in [0.15, 0.2) is 0 Å². The number of nitrogens with two attached hydrogens (primary N) is 1. The first kappa shape index (κ1) is 15.3. The van der Waals surface area contributed by atoms with E-state index in [0.717, 1.165) is 37.6 Å². The predicted molar refractivity (Wildman–Crippen MR) is 81.3 cm³/mol. The fourth-order valence-electron chi connectivity index (χ4n) is 2.96. The minimum Gasteiger partial charge on any atom is -0.496 e. The fourth-order valence-corrected chi connectivity index (χ4v) is 2.96. The Labute approximate surface area is 121 Å². The third-order valence-corrected chi connectivity index (χ3v) is 4.07. The smallest absolute Gasteiger partial charge is 0.124 e. The summed E-state index contributed by atoms with van der Waals surface area (Å²) >= 11 is 0.